The van der Waals surface area contributed by atoms with Crippen LogP contribution in [0.4, 0.5) is 0 Å². The quantitative estimate of drug-likeness (QED) is 0.329. The Bertz CT molecular complexity index is 352. The van der Waals surface area contributed by atoms with Gasteiger partial charge in [0, 0.05) is 6.66 Å². The number of hydrogen-bond donors (Lipinski definition) is 0. The second-order valence-corrected chi connectivity index (χ2v) is 4.69. The van der Waals surface area contributed by atoms with Crippen molar-refractivity contribution in [2.45, 2.75) is 27.2 Å². The number of allylic oxidation sites excluding steroid dienone is 7. The van der Waals surface area contributed by atoms with Crippen molar-refractivity contribution in [3.8, 4) is 0 Å². The lowest BCUT2D eigenvalue weighted by molar-refractivity contribution is 0.377. The van der Waals surface area contributed by atoms with Crippen LogP contribution in [0.2, 0.25) is 0 Å². The van der Waals surface area contributed by atoms with Gasteiger partial charge in [0.2, 0.25) is 0 Å². The summed E-state index contributed by atoms with van der Waals surface area (Å²) in [6.07, 6.45) is 14.2. The third kappa shape index (κ3) is 7.92. The van der Waals surface area contributed by atoms with Gasteiger partial charge in [0.1, 0.15) is 11.5 Å². The summed E-state index contributed by atoms with van der Waals surface area (Å²) in [5, 5.41) is 0. The Hall–Kier alpha value is -1.27. The maximum atomic E-state index is 5.76. The van der Waals surface area contributed by atoms with E-state index in [1.165, 1.54) is 0 Å². The van der Waals surface area contributed by atoms with Gasteiger partial charge >= 0.3 is 0 Å². The van der Waals surface area contributed by atoms with E-state index < -0.39 is 8.38 Å². The van der Waals surface area contributed by atoms with Crippen LogP contribution in [0.15, 0.2) is 60.6 Å². The van der Waals surface area contributed by atoms with Crippen molar-refractivity contribution in [1.29, 1.82) is 0 Å². The lowest BCUT2D eigenvalue weighted by Gasteiger charge is -2.15. The molecule has 0 saturated heterocycles. The minimum atomic E-state index is -0.992. The molecule has 100 valence electrons. The van der Waals surface area contributed by atoms with Crippen LogP contribution < -0.4 is 0 Å². The van der Waals surface area contributed by atoms with E-state index in [1.807, 2.05) is 57.0 Å². The topological polar surface area (TPSA) is 18.5 Å². The molecular formula is C15H23O2P. The fourth-order valence-corrected chi connectivity index (χ4v) is 2.10. The summed E-state index contributed by atoms with van der Waals surface area (Å²) in [5.74, 6) is 1.62. The van der Waals surface area contributed by atoms with Crippen molar-refractivity contribution in [3.05, 3.63) is 60.6 Å². The molecule has 0 aromatic carbocycles. The molecule has 0 N–H and O–H groups in total. The molecule has 3 heteroatoms. The van der Waals surface area contributed by atoms with E-state index in [1.54, 1.807) is 6.08 Å². The molecular weight excluding hydrogens is 243 g/mol. The fraction of sp³-hybridized carbons (Fsp3) is 0.333. The zero-order valence-corrected chi connectivity index (χ0v) is 12.6. The summed E-state index contributed by atoms with van der Waals surface area (Å²) >= 11 is 0. The van der Waals surface area contributed by atoms with Crippen molar-refractivity contribution >= 4 is 8.38 Å². The van der Waals surface area contributed by atoms with Gasteiger partial charge in [0.15, 0.2) is 0 Å². The Morgan fingerprint density at radius 1 is 1.11 bits per heavy atom. The standard InChI is InChI=1S/C15H23O2P/c1-6-10-14(11-7-2)16-18(5)17-15(12-8-3)13-9-4/h6-8,10-13H,1,9H2,2-5H3. The molecule has 0 saturated carbocycles. The zero-order chi connectivity index (χ0) is 13.8. The van der Waals surface area contributed by atoms with Gasteiger partial charge in [-0.1, -0.05) is 31.7 Å². The molecule has 0 fully saturated rings. The van der Waals surface area contributed by atoms with Crippen molar-refractivity contribution in [3.63, 3.8) is 0 Å². The van der Waals surface area contributed by atoms with Gasteiger partial charge in [-0.05, 0) is 44.6 Å². The summed E-state index contributed by atoms with van der Waals surface area (Å²) in [6.45, 7) is 11.6. The monoisotopic (exact) mass is 266 g/mol. The molecule has 0 spiro atoms. The van der Waals surface area contributed by atoms with Crippen LogP contribution in [-0.4, -0.2) is 6.66 Å². The fourth-order valence-electron chi connectivity index (χ4n) is 1.21. The van der Waals surface area contributed by atoms with Gasteiger partial charge in [0.25, 0.3) is 8.38 Å². The molecule has 2 nitrogen and oxygen atoms in total. The van der Waals surface area contributed by atoms with E-state index in [0.717, 1.165) is 17.9 Å². The third-order valence-electron chi connectivity index (χ3n) is 1.82. The van der Waals surface area contributed by atoms with Gasteiger partial charge in [-0.2, -0.15) is 0 Å². The predicted octanol–water partition coefficient (Wildman–Crippen LogP) is 5.48. The average Bonchev–Trinajstić information content (AvgIpc) is 2.30. The molecule has 0 amide bonds. The predicted molar refractivity (Wildman–Crippen MR) is 81.3 cm³/mol. The lowest BCUT2D eigenvalue weighted by atomic mass is 10.3. The van der Waals surface area contributed by atoms with Crippen LogP contribution in [0.5, 0.6) is 0 Å². The maximum Gasteiger partial charge on any atom is 0.286 e. The molecule has 18 heavy (non-hydrogen) atoms. The molecule has 0 bridgehead atoms. The van der Waals surface area contributed by atoms with Crippen molar-refractivity contribution in [2.24, 2.45) is 0 Å². The highest BCUT2D eigenvalue weighted by atomic mass is 31.2. The first-order chi connectivity index (χ1) is 8.67. The highest BCUT2D eigenvalue weighted by Gasteiger charge is 2.07. The second-order valence-electron chi connectivity index (χ2n) is 3.44. The lowest BCUT2D eigenvalue weighted by Crippen LogP contribution is -1.89. The van der Waals surface area contributed by atoms with E-state index in [0.29, 0.717) is 0 Å². The Morgan fingerprint density at radius 2 is 1.67 bits per heavy atom. The smallest absolute Gasteiger partial charge is 0.286 e. The second kappa shape index (κ2) is 10.9. The van der Waals surface area contributed by atoms with Crippen molar-refractivity contribution in [2.75, 3.05) is 6.66 Å². The molecule has 1 atom stereocenters. The van der Waals surface area contributed by atoms with Crippen LogP contribution >= 0.6 is 8.38 Å². The highest BCUT2D eigenvalue weighted by Crippen LogP contribution is 2.39. The van der Waals surface area contributed by atoms with Crippen molar-refractivity contribution < 1.29 is 9.05 Å². The van der Waals surface area contributed by atoms with E-state index >= 15 is 0 Å². The molecule has 0 rings (SSSR count). The van der Waals surface area contributed by atoms with Crippen LogP contribution in [0, 0.1) is 0 Å². The molecule has 0 heterocycles. The molecule has 1 unspecified atom stereocenters. The van der Waals surface area contributed by atoms with E-state index in [2.05, 4.69) is 13.5 Å². The average molecular weight is 266 g/mol. The Labute approximate surface area is 112 Å². The summed E-state index contributed by atoms with van der Waals surface area (Å²) in [7, 11) is -0.992. The van der Waals surface area contributed by atoms with Crippen LogP contribution in [0.1, 0.15) is 27.2 Å². The summed E-state index contributed by atoms with van der Waals surface area (Å²) in [6, 6.07) is 0. The zero-order valence-electron chi connectivity index (χ0n) is 11.7. The van der Waals surface area contributed by atoms with E-state index in [9.17, 15) is 0 Å². The normalized spacial score (nSPS) is 15.1. The SMILES string of the molecule is C=CC=C(C=CC)OP(C)OC(C=CC)=CCC. The first kappa shape index (κ1) is 16.7. The van der Waals surface area contributed by atoms with Gasteiger partial charge in [-0.15, -0.1) is 0 Å². The minimum Gasteiger partial charge on any atom is -0.439 e. The summed E-state index contributed by atoms with van der Waals surface area (Å²) < 4.78 is 11.5. The molecule has 0 aliphatic carbocycles. The molecule has 0 aromatic heterocycles. The first-order valence-electron chi connectivity index (χ1n) is 6.05. The molecule has 0 aliphatic rings. The minimum absolute atomic E-state index is 0.762. The maximum absolute atomic E-state index is 5.76. The van der Waals surface area contributed by atoms with Gasteiger partial charge in [-0.3, -0.25) is 0 Å². The Kier molecular flexibility index (Phi) is 10.1. The van der Waals surface area contributed by atoms with Gasteiger partial charge in [-0.25, -0.2) is 0 Å². The van der Waals surface area contributed by atoms with Gasteiger partial charge in [0.05, 0.1) is 0 Å². The molecule has 0 radical (unpaired) electrons. The summed E-state index contributed by atoms with van der Waals surface area (Å²) in [5.41, 5.74) is 0. The largest absolute Gasteiger partial charge is 0.439 e. The Balaban J connectivity index is 4.56. The molecule has 0 aliphatic heterocycles. The third-order valence-corrected chi connectivity index (χ3v) is 2.75. The Morgan fingerprint density at radius 3 is 2.17 bits per heavy atom. The van der Waals surface area contributed by atoms with E-state index in [4.69, 9.17) is 9.05 Å². The number of hydrogen-bond acceptors (Lipinski definition) is 2. The van der Waals surface area contributed by atoms with E-state index in [-0.39, 0.29) is 0 Å². The highest BCUT2D eigenvalue weighted by molar-refractivity contribution is 7.46. The first-order valence-corrected chi connectivity index (χ1v) is 7.68. The number of rotatable bonds is 8. The van der Waals surface area contributed by atoms with Gasteiger partial charge < -0.3 is 9.05 Å². The van der Waals surface area contributed by atoms with Crippen LogP contribution in [0.25, 0.3) is 0 Å². The van der Waals surface area contributed by atoms with Crippen molar-refractivity contribution in [1.82, 2.24) is 0 Å². The van der Waals surface area contributed by atoms with Crippen LogP contribution in [-0.2, 0) is 9.05 Å². The molecule has 0 aromatic rings. The summed E-state index contributed by atoms with van der Waals surface area (Å²) in [4.78, 5) is 0. The van der Waals surface area contributed by atoms with Crippen LogP contribution in [0.3, 0.4) is 0 Å².